The van der Waals surface area contributed by atoms with Crippen LogP contribution in [0.25, 0.3) is 0 Å². The van der Waals surface area contributed by atoms with Crippen LogP contribution in [0.5, 0.6) is 5.75 Å². The molecule has 0 radical (unpaired) electrons. The predicted octanol–water partition coefficient (Wildman–Crippen LogP) is 2.22. The lowest BCUT2D eigenvalue weighted by Crippen LogP contribution is -2.51. The molecular formula is C16H26N2O2. The number of hydrogen-bond donors (Lipinski definition) is 3. The average molecular weight is 278 g/mol. The zero-order chi connectivity index (χ0) is 15.3. The molecule has 0 bridgehead atoms. The van der Waals surface area contributed by atoms with E-state index in [2.05, 4.69) is 10.6 Å². The number of nitrogens with one attached hydrogen (secondary N) is 2. The van der Waals surface area contributed by atoms with Crippen molar-refractivity contribution in [1.82, 2.24) is 10.6 Å². The second-order valence-corrected chi connectivity index (χ2v) is 6.40. The Hall–Kier alpha value is -1.55. The maximum absolute atomic E-state index is 12.0. The van der Waals surface area contributed by atoms with Crippen LogP contribution in [0.2, 0.25) is 0 Å². The zero-order valence-corrected chi connectivity index (χ0v) is 13.0. The van der Waals surface area contributed by atoms with Crippen molar-refractivity contribution in [1.29, 1.82) is 0 Å². The lowest BCUT2D eigenvalue weighted by Gasteiger charge is -2.25. The summed E-state index contributed by atoms with van der Waals surface area (Å²) in [6.45, 7) is 9.83. The number of aromatic hydroxyl groups is 1. The first-order valence-electron chi connectivity index (χ1n) is 7.03. The first-order chi connectivity index (χ1) is 9.17. The molecule has 0 heterocycles. The maximum Gasteiger partial charge on any atom is 0.237 e. The lowest BCUT2D eigenvalue weighted by atomic mass is 10.1. The van der Waals surface area contributed by atoms with E-state index in [1.807, 2.05) is 46.8 Å². The summed E-state index contributed by atoms with van der Waals surface area (Å²) in [7, 11) is 0. The Labute approximate surface area is 121 Å². The summed E-state index contributed by atoms with van der Waals surface area (Å²) >= 11 is 0. The van der Waals surface area contributed by atoms with Gasteiger partial charge in [-0.1, -0.05) is 12.1 Å². The number of hydrogen-bond acceptors (Lipinski definition) is 3. The van der Waals surface area contributed by atoms with Gasteiger partial charge in [0.25, 0.3) is 0 Å². The second kappa shape index (κ2) is 6.75. The van der Waals surface area contributed by atoms with Crippen molar-refractivity contribution in [3.8, 4) is 5.75 Å². The molecule has 0 aliphatic rings. The van der Waals surface area contributed by atoms with E-state index in [9.17, 15) is 9.90 Å². The summed E-state index contributed by atoms with van der Waals surface area (Å²) < 4.78 is 0. The summed E-state index contributed by atoms with van der Waals surface area (Å²) in [6.07, 6.45) is 0.813. The Balaban J connectivity index is 2.47. The van der Waals surface area contributed by atoms with Crippen molar-refractivity contribution in [2.75, 3.05) is 0 Å². The van der Waals surface area contributed by atoms with Gasteiger partial charge in [0.15, 0.2) is 0 Å². The Kier molecular flexibility index (Phi) is 5.57. The van der Waals surface area contributed by atoms with Crippen LogP contribution >= 0.6 is 0 Å². The van der Waals surface area contributed by atoms with Crippen molar-refractivity contribution < 1.29 is 9.90 Å². The van der Waals surface area contributed by atoms with Crippen molar-refractivity contribution in [3.05, 3.63) is 29.8 Å². The first-order valence-corrected chi connectivity index (χ1v) is 7.03. The van der Waals surface area contributed by atoms with E-state index in [0.717, 1.165) is 12.0 Å². The van der Waals surface area contributed by atoms with E-state index in [1.54, 1.807) is 12.1 Å². The Bertz CT molecular complexity index is 435. The normalized spacial score (nSPS) is 14.7. The molecule has 4 nitrogen and oxygen atoms in total. The molecule has 0 saturated heterocycles. The van der Waals surface area contributed by atoms with Gasteiger partial charge in [-0.25, -0.2) is 0 Å². The van der Waals surface area contributed by atoms with Gasteiger partial charge in [-0.15, -0.1) is 0 Å². The molecule has 2 unspecified atom stereocenters. The van der Waals surface area contributed by atoms with Crippen LogP contribution in [0.15, 0.2) is 24.3 Å². The van der Waals surface area contributed by atoms with E-state index in [-0.39, 0.29) is 29.3 Å². The van der Waals surface area contributed by atoms with E-state index in [1.165, 1.54) is 0 Å². The van der Waals surface area contributed by atoms with Crippen LogP contribution in [-0.4, -0.2) is 28.6 Å². The van der Waals surface area contributed by atoms with Crippen LogP contribution < -0.4 is 10.6 Å². The van der Waals surface area contributed by atoms with Gasteiger partial charge >= 0.3 is 0 Å². The van der Waals surface area contributed by atoms with E-state index in [0.29, 0.717) is 0 Å². The van der Waals surface area contributed by atoms with E-state index in [4.69, 9.17) is 0 Å². The number of carbonyl (C=O) groups excluding carboxylic acids is 1. The van der Waals surface area contributed by atoms with Crippen LogP contribution in [-0.2, 0) is 11.2 Å². The van der Waals surface area contributed by atoms with Gasteiger partial charge in [-0.3, -0.25) is 4.79 Å². The zero-order valence-electron chi connectivity index (χ0n) is 13.0. The SMILES string of the molecule is CC(Cc1ccc(O)cc1)NC(C)C(=O)NC(C)(C)C. The largest absolute Gasteiger partial charge is 0.508 e. The van der Waals surface area contributed by atoms with Gasteiger partial charge < -0.3 is 15.7 Å². The molecule has 0 fully saturated rings. The summed E-state index contributed by atoms with van der Waals surface area (Å²) in [5.74, 6) is 0.280. The van der Waals surface area contributed by atoms with Gasteiger partial charge in [-0.05, 0) is 58.7 Å². The van der Waals surface area contributed by atoms with Crippen LogP contribution in [0, 0.1) is 0 Å². The number of phenolic OH excluding ortho intramolecular Hbond substituents is 1. The van der Waals surface area contributed by atoms with Crippen molar-refractivity contribution in [2.45, 2.75) is 58.7 Å². The minimum Gasteiger partial charge on any atom is -0.508 e. The predicted molar refractivity (Wildman–Crippen MR) is 81.8 cm³/mol. The molecular weight excluding hydrogens is 252 g/mol. The molecule has 4 heteroatoms. The minimum atomic E-state index is -0.235. The molecule has 0 saturated carbocycles. The maximum atomic E-state index is 12.0. The third kappa shape index (κ3) is 6.06. The molecule has 2 atom stereocenters. The Morgan fingerprint density at radius 1 is 1.20 bits per heavy atom. The summed E-state index contributed by atoms with van der Waals surface area (Å²) in [5.41, 5.74) is 0.916. The Morgan fingerprint density at radius 2 is 1.75 bits per heavy atom. The highest BCUT2D eigenvalue weighted by Crippen LogP contribution is 2.11. The number of amides is 1. The highest BCUT2D eigenvalue weighted by Gasteiger charge is 2.20. The van der Waals surface area contributed by atoms with Crippen molar-refractivity contribution in [2.24, 2.45) is 0 Å². The van der Waals surface area contributed by atoms with Crippen LogP contribution in [0.4, 0.5) is 0 Å². The topological polar surface area (TPSA) is 61.4 Å². The fourth-order valence-electron chi connectivity index (χ4n) is 2.02. The molecule has 3 N–H and O–H groups in total. The molecule has 1 aromatic carbocycles. The third-order valence-electron chi connectivity index (χ3n) is 2.90. The third-order valence-corrected chi connectivity index (χ3v) is 2.90. The lowest BCUT2D eigenvalue weighted by molar-refractivity contribution is -0.124. The quantitative estimate of drug-likeness (QED) is 0.774. The van der Waals surface area contributed by atoms with E-state index >= 15 is 0 Å². The van der Waals surface area contributed by atoms with Gasteiger partial charge in [0.2, 0.25) is 5.91 Å². The minimum absolute atomic E-state index is 0.00931. The van der Waals surface area contributed by atoms with Gasteiger partial charge in [0.1, 0.15) is 5.75 Å². The molecule has 1 amide bonds. The van der Waals surface area contributed by atoms with Crippen molar-refractivity contribution >= 4 is 5.91 Å². The average Bonchev–Trinajstić information content (AvgIpc) is 2.29. The van der Waals surface area contributed by atoms with Gasteiger partial charge in [0.05, 0.1) is 6.04 Å². The molecule has 0 aromatic heterocycles. The highest BCUT2D eigenvalue weighted by atomic mass is 16.3. The number of phenols is 1. The Morgan fingerprint density at radius 3 is 2.25 bits per heavy atom. The fraction of sp³-hybridized carbons (Fsp3) is 0.562. The summed E-state index contributed by atoms with van der Waals surface area (Å²) in [6, 6.07) is 7.10. The number of carbonyl (C=O) groups is 1. The molecule has 0 aliphatic carbocycles. The molecule has 0 spiro atoms. The monoisotopic (exact) mass is 278 g/mol. The highest BCUT2D eigenvalue weighted by molar-refractivity contribution is 5.81. The van der Waals surface area contributed by atoms with Crippen molar-refractivity contribution in [3.63, 3.8) is 0 Å². The molecule has 112 valence electrons. The molecule has 20 heavy (non-hydrogen) atoms. The first kappa shape index (κ1) is 16.5. The van der Waals surface area contributed by atoms with Gasteiger partial charge in [0, 0.05) is 11.6 Å². The standard InChI is InChI=1S/C16H26N2O2/c1-11(10-13-6-8-14(19)9-7-13)17-12(2)15(20)18-16(3,4)5/h6-9,11-12,17,19H,10H2,1-5H3,(H,18,20). The van der Waals surface area contributed by atoms with Gasteiger partial charge in [-0.2, -0.15) is 0 Å². The van der Waals surface area contributed by atoms with E-state index < -0.39 is 0 Å². The smallest absolute Gasteiger partial charge is 0.237 e. The number of benzene rings is 1. The summed E-state index contributed by atoms with van der Waals surface area (Å²) in [4.78, 5) is 12.0. The summed E-state index contributed by atoms with van der Waals surface area (Å²) in [5, 5.41) is 15.5. The molecule has 1 aromatic rings. The van der Waals surface area contributed by atoms with Crippen LogP contribution in [0.1, 0.15) is 40.2 Å². The van der Waals surface area contributed by atoms with Crippen LogP contribution in [0.3, 0.4) is 0 Å². The number of rotatable bonds is 5. The molecule has 0 aliphatic heterocycles. The molecule has 1 rings (SSSR count). The second-order valence-electron chi connectivity index (χ2n) is 6.40. The fourth-order valence-corrected chi connectivity index (χ4v) is 2.02.